The van der Waals surface area contributed by atoms with Gasteiger partial charge in [-0.3, -0.25) is 4.79 Å². The molecule has 6 heteroatoms. The molecule has 114 valence electrons. The van der Waals surface area contributed by atoms with Crippen molar-refractivity contribution in [3.05, 3.63) is 0 Å². The highest BCUT2D eigenvalue weighted by Crippen LogP contribution is 2.23. The van der Waals surface area contributed by atoms with Crippen molar-refractivity contribution in [1.29, 1.82) is 0 Å². The van der Waals surface area contributed by atoms with Gasteiger partial charge < -0.3 is 20.6 Å². The average molecular weight is 283 g/mol. The fourth-order valence-corrected chi connectivity index (χ4v) is 3.27. The number of urea groups is 1. The lowest BCUT2D eigenvalue weighted by molar-refractivity contribution is -0.140. The molecule has 0 aromatic rings. The molecule has 2 aliphatic rings. The fourth-order valence-electron chi connectivity index (χ4n) is 3.27. The van der Waals surface area contributed by atoms with Crippen molar-refractivity contribution in [2.75, 3.05) is 26.2 Å². The van der Waals surface area contributed by atoms with Crippen molar-refractivity contribution in [2.45, 2.75) is 44.6 Å². The molecule has 0 saturated carbocycles. The smallest absolute Gasteiger partial charge is 0.314 e. The van der Waals surface area contributed by atoms with E-state index in [2.05, 4.69) is 0 Å². The second-order valence-corrected chi connectivity index (χ2v) is 5.84. The molecular weight excluding hydrogens is 258 g/mol. The van der Waals surface area contributed by atoms with Crippen LogP contribution in [0.2, 0.25) is 0 Å². The van der Waals surface area contributed by atoms with Gasteiger partial charge in [-0.05, 0) is 25.7 Å². The largest absolute Gasteiger partial charge is 0.394 e. The summed E-state index contributed by atoms with van der Waals surface area (Å²) < 4.78 is 0. The molecule has 3 amide bonds. The van der Waals surface area contributed by atoms with Gasteiger partial charge in [-0.2, -0.15) is 0 Å². The number of nitrogens with zero attached hydrogens (tertiary/aromatic N) is 2. The third-order valence-corrected chi connectivity index (χ3v) is 4.45. The van der Waals surface area contributed by atoms with Crippen LogP contribution in [0.4, 0.5) is 4.79 Å². The van der Waals surface area contributed by atoms with Crippen molar-refractivity contribution >= 4 is 11.9 Å². The predicted molar refractivity (Wildman–Crippen MR) is 74.9 cm³/mol. The van der Waals surface area contributed by atoms with Crippen molar-refractivity contribution in [1.82, 2.24) is 9.80 Å². The van der Waals surface area contributed by atoms with Crippen LogP contribution in [0.1, 0.15) is 38.5 Å². The minimum absolute atomic E-state index is 0.0258. The summed E-state index contributed by atoms with van der Waals surface area (Å²) in [5, 5.41) is 9.50. The Morgan fingerprint density at radius 1 is 1.10 bits per heavy atom. The summed E-state index contributed by atoms with van der Waals surface area (Å²) in [5.41, 5.74) is 5.31. The maximum Gasteiger partial charge on any atom is 0.314 e. The number of amides is 3. The SMILES string of the molecule is NC(=O)N1CCCC(C(=O)N2CCCCCC2CO)C1. The summed E-state index contributed by atoms with van der Waals surface area (Å²) in [7, 11) is 0. The number of likely N-dealkylation sites (tertiary alicyclic amines) is 2. The van der Waals surface area contributed by atoms with Gasteiger partial charge in [0.25, 0.3) is 0 Å². The number of aliphatic hydroxyl groups is 1. The van der Waals surface area contributed by atoms with Crippen LogP contribution in [-0.2, 0) is 4.79 Å². The molecule has 2 rings (SSSR count). The summed E-state index contributed by atoms with van der Waals surface area (Å²) in [6.07, 6.45) is 5.66. The molecule has 2 unspecified atom stereocenters. The van der Waals surface area contributed by atoms with E-state index in [9.17, 15) is 14.7 Å². The molecule has 0 bridgehead atoms. The number of rotatable bonds is 2. The zero-order valence-corrected chi connectivity index (χ0v) is 12.0. The molecule has 20 heavy (non-hydrogen) atoms. The van der Waals surface area contributed by atoms with Crippen molar-refractivity contribution in [3.8, 4) is 0 Å². The molecule has 0 aromatic heterocycles. The Kier molecular flexibility index (Phi) is 5.23. The van der Waals surface area contributed by atoms with Crippen molar-refractivity contribution in [3.63, 3.8) is 0 Å². The van der Waals surface area contributed by atoms with E-state index in [4.69, 9.17) is 5.73 Å². The second-order valence-electron chi connectivity index (χ2n) is 5.84. The number of hydrogen-bond donors (Lipinski definition) is 2. The number of primary amides is 1. The van der Waals surface area contributed by atoms with Gasteiger partial charge in [0, 0.05) is 19.6 Å². The number of hydrogen-bond acceptors (Lipinski definition) is 3. The van der Waals surface area contributed by atoms with Gasteiger partial charge in [0.05, 0.1) is 18.6 Å². The summed E-state index contributed by atoms with van der Waals surface area (Å²) in [6, 6.07) is -0.508. The molecule has 2 atom stereocenters. The Hall–Kier alpha value is -1.30. The molecule has 3 N–H and O–H groups in total. The quantitative estimate of drug-likeness (QED) is 0.775. The standard InChI is InChI=1S/C14H25N3O3/c15-14(20)16-7-4-5-11(9-16)13(19)17-8-3-1-2-6-12(17)10-18/h11-12,18H,1-10H2,(H2,15,20). The summed E-state index contributed by atoms with van der Waals surface area (Å²) >= 11 is 0. The number of aliphatic hydroxyl groups excluding tert-OH is 1. The van der Waals surface area contributed by atoms with Gasteiger partial charge in [0.15, 0.2) is 0 Å². The highest BCUT2D eigenvalue weighted by Gasteiger charge is 2.33. The topological polar surface area (TPSA) is 86.9 Å². The molecule has 0 aromatic carbocycles. The van der Waals surface area contributed by atoms with E-state index in [0.717, 1.165) is 45.1 Å². The van der Waals surface area contributed by atoms with Crippen LogP contribution in [0.25, 0.3) is 0 Å². The van der Waals surface area contributed by atoms with Crippen LogP contribution in [0, 0.1) is 5.92 Å². The van der Waals surface area contributed by atoms with E-state index in [0.29, 0.717) is 13.1 Å². The molecule has 2 aliphatic heterocycles. The fraction of sp³-hybridized carbons (Fsp3) is 0.857. The van der Waals surface area contributed by atoms with Crippen LogP contribution < -0.4 is 5.73 Å². The minimum atomic E-state index is -0.447. The van der Waals surface area contributed by atoms with Gasteiger partial charge in [0.2, 0.25) is 5.91 Å². The van der Waals surface area contributed by atoms with Gasteiger partial charge in [-0.1, -0.05) is 12.8 Å². The summed E-state index contributed by atoms with van der Waals surface area (Å²) in [4.78, 5) is 27.3. The van der Waals surface area contributed by atoms with E-state index in [1.807, 2.05) is 4.90 Å². The van der Waals surface area contributed by atoms with Crippen molar-refractivity contribution < 1.29 is 14.7 Å². The molecule has 0 spiro atoms. The number of carbonyl (C=O) groups excluding carboxylic acids is 2. The summed E-state index contributed by atoms with van der Waals surface area (Å²) in [6.45, 7) is 1.81. The summed E-state index contributed by atoms with van der Waals surface area (Å²) in [5.74, 6) is -0.0831. The van der Waals surface area contributed by atoms with E-state index >= 15 is 0 Å². The van der Waals surface area contributed by atoms with E-state index in [1.54, 1.807) is 4.90 Å². The van der Waals surface area contributed by atoms with Crippen LogP contribution in [0.3, 0.4) is 0 Å². The molecule has 2 fully saturated rings. The predicted octanol–water partition coefficient (Wildman–Crippen LogP) is 0.541. The Morgan fingerprint density at radius 2 is 1.90 bits per heavy atom. The first-order chi connectivity index (χ1) is 9.63. The van der Waals surface area contributed by atoms with Crippen LogP contribution in [0.15, 0.2) is 0 Å². The Bertz CT molecular complexity index is 362. The van der Waals surface area contributed by atoms with Gasteiger partial charge in [0.1, 0.15) is 0 Å². The second kappa shape index (κ2) is 6.92. The number of carbonyl (C=O) groups is 2. The highest BCUT2D eigenvalue weighted by molar-refractivity contribution is 5.81. The zero-order valence-electron chi connectivity index (χ0n) is 12.0. The lowest BCUT2D eigenvalue weighted by Crippen LogP contribution is -2.51. The first-order valence-electron chi connectivity index (χ1n) is 7.59. The monoisotopic (exact) mass is 283 g/mol. The third kappa shape index (κ3) is 3.42. The number of piperidine rings is 1. The first-order valence-corrected chi connectivity index (χ1v) is 7.59. The lowest BCUT2D eigenvalue weighted by atomic mass is 9.96. The van der Waals surface area contributed by atoms with E-state index < -0.39 is 6.03 Å². The van der Waals surface area contributed by atoms with E-state index in [1.165, 1.54) is 0 Å². The van der Waals surface area contributed by atoms with Crippen LogP contribution in [-0.4, -0.2) is 59.1 Å². The first kappa shape index (κ1) is 15.1. The van der Waals surface area contributed by atoms with Crippen LogP contribution in [0.5, 0.6) is 0 Å². The Morgan fingerprint density at radius 3 is 2.60 bits per heavy atom. The lowest BCUT2D eigenvalue weighted by Gasteiger charge is -2.36. The molecule has 2 saturated heterocycles. The van der Waals surface area contributed by atoms with Gasteiger partial charge in [-0.25, -0.2) is 4.79 Å². The maximum atomic E-state index is 12.7. The normalized spacial score (nSPS) is 28.1. The minimum Gasteiger partial charge on any atom is -0.394 e. The Labute approximate surface area is 119 Å². The van der Waals surface area contributed by atoms with Gasteiger partial charge >= 0.3 is 6.03 Å². The molecule has 6 nitrogen and oxygen atoms in total. The maximum absolute atomic E-state index is 12.7. The molecular formula is C14H25N3O3. The Balaban J connectivity index is 2.02. The molecule has 0 aliphatic carbocycles. The zero-order chi connectivity index (χ0) is 14.5. The van der Waals surface area contributed by atoms with E-state index in [-0.39, 0.29) is 24.5 Å². The third-order valence-electron chi connectivity index (χ3n) is 4.45. The average Bonchev–Trinajstić information content (AvgIpc) is 2.71. The van der Waals surface area contributed by atoms with Gasteiger partial charge in [-0.15, -0.1) is 0 Å². The van der Waals surface area contributed by atoms with Crippen molar-refractivity contribution in [2.24, 2.45) is 11.7 Å². The molecule has 0 radical (unpaired) electrons. The van der Waals surface area contributed by atoms with Crippen LogP contribution >= 0.6 is 0 Å². The number of nitrogens with two attached hydrogens (primary N) is 1. The highest BCUT2D eigenvalue weighted by atomic mass is 16.3. The molecule has 2 heterocycles.